The van der Waals surface area contributed by atoms with Gasteiger partial charge >= 0.3 is 6.09 Å². The maximum Gasteiger partial charge on any atom is 0.413 e. The molecule has 1 aromatic heterocycles. The number of hydrogen-bond acceptors (Lipinski definition) is 5. The zero-order valence-corrected chi connectivity index (χ0v) is 9.76. The molecule has 1 rings (SSSR count). The number of rotatable bonds is 2. The van der Waals surface area contributed by atoms with Gasteiger partial charge in [-0.05, 0) is 20.8 Å². The van der Waals surface area contributed by atoms with Crippen LogP contribution in [0.2, 0.25) is 0 Å². The Morgan fingerprint density at radius 1 is 1.53 bits per heavy atom. The Kier molecular flexibility index (Phi) is 3.62. The van der Waals surface area contributed by atoms with Crippen LogP contribution >= 0.6 is 0 Å². The zero-order valence-electron chi connectivity index (χ0n) is 9.76. The molecular weight excluding hydrogens is 226 g/mol. The van der Waals surface area contributed by atoms with Gasteiger partial charge in [0.2, 0.25) is 0 Å². The van der Waals surface area contributed by atoms with Gasteiger partial charge in [-0.1, -0.05) is 0 Å². The molecule has 0 saturated heterocycles. The zero-order chi connectivity index (χ0) is 13.1. The predicted octanol–water partition coefficient (Wildman–Crippen LogP) is 2.34. The topological polar surface area (TPSA) is 94.4 Å². The Labute approximate surface area is 98.0 Å². The largest absolute Gasteiger partial charge is 0.444 e. The van der Waals surface area contributed by atoms with Crippen LogP contribution in [0, 0.1) is 10.1 Å². The third-order valence-corrected chi connectivity index (χ3v) is 1.58. The smallest absolute Gasteiger partial charge is 0.413 e. The van der Waals surface area contributed by atoms with Crippen molar-refractivity contribution >= 4 is 17.6 Å². The summed E-state index contributed by atoms with van der Waals surface area (Å²) < 4.78 is 4.98. The van der Waals surface area contributed by atoms with Gasteiger partial charge in [0.1, 0.15) is 11.4 Å². The molecule has 1 N–H and O–H groups in total. The summed E-state index contributed by atoms with van der Waals surface area (Å²) in [5, 5.41) is 12.8. The van der Waals surface area contributed by atoms with Crippen molar-refractivity contribution in [3.05, 3.63) is 28.4 Å². The van der Waals surface area contributed by atoms with E-state index in [2.05, 4.69) is 10.3 Å². The number of anilines is 1. The molecule has 0 aliphatic heterocycles. The Hall–Kier alpha value is -2.18. The van der Waals surface area contributed by atoms with Crippen LogP contribution in [0.1, 0.15) is 20.8 Å². The van der Waals surface area contributed by atoms with Crippen molar-refractivity contribution in [2.75, 3.05) is 5.32 Å². The van der Waals surface area contributed by atoms with Crippen molar-refractivity contribution in [2.45, 2.75) is 26.4 Å². The van der Waals surface area contributed by atoms with E-state index >= 15 is 0 Å². The maximum atomic E-state index is 11.4. The fraction of sp³-hybridized carbons (Fsp3) is 0.400. The van der Waals surface area contributed by atoms with Crippen LogP contribution in [-0.4, -0.2) is 21.6 Å². The van der Waals surface area contributed by atoms with Crippen LogP contribution < -0.4 is 5.32 Å². The molecule has 0 radical (unpaired) electrons. The lowest BCUT2D eigenvalue weighted by molar-refractivity contribution is -0.384. The molecule has 0 spiro atoms. The van der Waals surface area contributed by atoms with Crippen LogP contribution in [-0.2, 0) is 4.74 Å². The average molecular weight is 239 g/mol. The molecule has 0 aliphatic carbocycles. The molecule has 0 fully saturated rings. The minimum atomic E-state index is -0.703. The van der Waals surface area contributed by atoms with Gasteiger partial charge in [0.25, 0.3) is 5.69 Å². The van der Waals surface area contributed by atoms with E-state index in [-0.39, 0.29) is 11.5 Å². The molecular formula is C10H13N3O4. The van der Waals surface area contributed by atoms with E-state index in [1.54, 1.807) is 20.8 Å². The molecule has 92 valence electrons. The first-order valence-electron chi connectivity index (χ1n) is 4.88. The van der Waals surface area contributed by atoms with Crippen LogP contribution in [0.5, 0.6) is 0 Å². The van der Waals surface area contributed by atoms with Crippen molar-refractivity contribution in [2.24, 2.45) is 0 Å². The fourth-order valence-electron chi connectivity index (χ4n) is 1.01. The average Bonchev–Trinajstić information content (AvgIpc) is 2.14. The normalized spacial score (nSPS) is 10.8. The summed E-state index contributed by atoms with van der Waals surface area (Å²) in [7, 11) is 0. The van der Waals surface area contributed by atoms with E-state index in [1.807, 2.05) is 0 Å². The van der Waals surface area contributed by atoms with E-state index in [0.717, 1.165) is 6.07 Å². The molecule has 0 atom stereocenters. The predicted molar refractivity (Wildman–Crippen MR) is 60.7 cm³/mol. The van der Waals surface area contributed by atoms with E-state index in [1.165, 1.54) is 12.3 Å². The molecule has 1 aromatic rings. The van der Waals surface area contributed by atoms with Crippen LogP contribution in [0.4, 0.5) is 16.3 Å². The van der Waals surface area contributed by atoms with Gasteiger partial charge in [-0.2, -0.15) is 0 Å². The Balaban J connectivity index is 2.72. The highest BCUT2D eigenvalue weighted by atomic mass is 16.6. The molecule has 7 nitrogen and oxygen atoms in total. The lowest BCUT2D eigenvalue weighted by atomic mass is 10.2. The number of nitrogens with one attached hydrogen (secondary N) is 1. The monoisotopic (exact) mass is 239 g/mol. The number of carbonyl (C=O) groups is 1. The minimum Gasteiger partial charge on any atom is -0.444 e. The van der Waals surface area contributed by atoms with Crippen LogP contribution in [0.25, 0.3) is 0 Å². The minimum absolute atomic E-state index is 0.0773. The summed E-state index contributed by atoms with van der Waals surface area (Å²) >= 11 is 0. The van der Waals surface area contributed by atoms with Crippen molar-refractivity contribution in [1.29, 1.82) is 0 Å². The lowest BCUT2D eigenvalue weighted by Crippen LogP contribution is -2.27. The van der Waals surface area contributed by atoms with Gasteiger partial charge in [0.05, 0.1) is 11.0 Å². The second kappa shape index (κ2) is 4.77. The molecule has 0 aliphatic rings. The molecule has 17 heavy (non-hydrogen) atoms. The Morgan fingerprint density at radius 2 is 2.18 bits per heavy atom. The van der Waals surface area contributed by atoms with Crippen LogP contribution in [0.15, 0.2) is 18.3 Å². The van der Waals surface area contributed by atoms with Crippen molar-refractivity contribution in [1.82, 2.24) is 4.98 Å². The summed E-state index contributed by atoms with van der Waals surface area (Å²) in [5.41, 5.74) is -0.781. The Bertz CT molecular complexity index is 439. The first kappa shape index (κ1) is 12.9. The van der Waals surface area contributed by atoms with E-state index in [4.69, 9.17) is 4.74 Å². The number of pyridine rings is 1. The lowest BCUT2D eigenvalue weighted by Gasteiger charge is -2.19. The third kappa shape index (κ3) is 4.45. The number of hydrogen-bond donors (Lipinski definition) is 1. The van der Waals surface area contributed by atoms with Gasteiger partial charge in [0.15, 0.2) is 0 Å². The van der Waals surface area contributed by atoms with E-state index < -0.39 is 16.6 Å². The van der Waals surface area contributed by atoms with Crippen molar-refractivity contribution in [3.63, 3.8) is 0 Å². The summed E-state index contributed by atoms with van der Waals surface area (Å²) in [5.74, 6) is 0.0773. The summed E-state index contributed by atoms with van der Waals surface area (Å²) in [6, 6.07) is 2.39. The highest BCUT2D eigenvalue weighted by Crippen LogP contribution is 2.15. The first-order chi connectivity index (χ1) is 7.78. The highest BCUT2D eigenvalue weighted by molar-refractivity contribution is 5.83. The summed E-state index contributed by atoms with van der Waals surface area (Å²) in [6.07, 6.45) is 0.538. The summed E-state index contributed by atoms with van der Waals surface area (Å²) in [6.45, 7) is 5.15. The van der Waals surface area contributed by atoms with E-state index in [0.29, 0.717) is 0 Å². The number of nitrogens with zero attached hydrogens (tertiary/aromatic N) is 2. The molecule has 0 saturated carbocycles. The second-order valence-electron chi connectivity index (χ2n) is 4.28. The molecule has 1 amide bonds. The number of amides is 1. The maximum absolute atomic E-state index is 11.4. The second-order valence-corrected chi connectivity index (χ2v) is 4.28. The van der Waals surface area contributed by atoms with Gasteiger partial charge < -0.3 is 4.74 Å². The van der Waals surface area contributed by atoms with Gasteiger partial charge in [0, 0.05) is 12.3 Å². The molecule has 0 aromatic carbocycles. The van der Waals surface area contributed by atoms with Gasteiger partial charge in [-0.25, -0.2) is 9.78 Å². The fourth-order valence-corrected chi connectivity index (χ4v) is 1.01. The van der Waals surface area contributed by atoms with Crippen molar-refractivity contribution < 1.29 is 14.5 Å². The quantitative estimate of drug-likeness (QED) is 0.631. The number of aromatic nitrogens is 1. The number of carbonyl (C=O) groups excluding carboxylic acids is 1. The first-order valence-corrected chi connectivity index (χ1v) is 4.88. The molecule has 0 unspecified atom stereocenters. The third-order valence-electron chi connectivity index (χ3n) is 1.58. The van der Waals surface area contributed by atoms with Gasteiger partial charge in [-0.3, -0.25) is 15.4 Å². The highest BCUT2D eigenvalue weighted by Gasteiger charge is 2.17. The molecule has 1 heterocycles. The molecule has 7 heteroatoms. The summed E-state index contributed by atoms with van der Waals surface area (Å²) in [4.78, 5) is 25.1. The van der Waals surface area contributed by atoms with Gasteiger partial charge in [-0.15, -0.1) is 0 Å². The Morgan fingerprint density at radius 3 is 2.71 bits per heavy atom. The number of nitro groups is 1. The van der Waals surface area contributed by atoms with Crippen molar-refractivity contribution in [3.8, 4) is 0 Å². The molecule has 0 bridgehead atoms. The van der Waals surface area contributed by atoms with E-state index in [9.17, 15) is 14.9 Å². The SMILES string of the molecule is CC(C)(C)OC(=O)Nc1cc([N+](=O)[O-])ccn1. The standard InChI is InChI=1S/C10H13N3O4/c1-10(2,3)17-9(14)12-8-6-7(13(15)16)4-5-11-8/h4-6H,1-3H3,(H,11,12,14). The number of ether oxygens (including phenoxy) is 1. The van der Waals surface area contributed by atoms with Crippen LogP contribution in [0.3, 0.4) is 0 Å².